The minimum Gasteiger partial charge on any atom is -0.504 e. The Kier molecular flexibility index (Phi) is 26.2. The summed E-state index contributed by atoms with van der Waals surface area (Å²) in [6, 6.07) is -9.28. The number of phenols is 1. The van der Waals surface area contributed by atoms with Crippen molar-refractivity contribution in [2.75, 3.05) is 13.1 Å². The van der Waals surface area contributed by atoms with Crippen molar-refractivity contribution < 1.29 is 96.4 Å². The second kappa shape index (κ2) is 31.4. The van der Waals surface area contributed by atoms with Crippen LogP contribution in [0.3, 0.4) is 0 Å². The van der Waals surface area contributed by atoms with Crippen molar-refractivity contribution in [3.8, 4) is 11.5 Å². The molecule has 16 N–H and O–H groups in total. The number of carbonyl (C=O) groups is 8. The summed E-state index contributed by atoms with van der Waals surface area (Å²) in [5, 5.41) is 100. The predicted octanol–water partition coefficient (Wildman–Crippen LogP) is -3.12. The summed E-state index contributed by atoms with van der Waals surface area (Å²) in [5.41, 5.74) is 5.25. The standard InChI is InChI=1S/C51H82N8O20S/c1-4-5-6-7-8-9-10-11-12-13-14-15-16-17-39(67)53-31-23-36(65)47(71)57-49(73)43-44(68)27(2)25-59(43)51(75)42(35(64)24-38(52)66)56-48(72)41(34(63)21-29-18-19-37(33(62)20-29)79-80(76,77)78)55-46(70)32-22-30(61)26-58(32)50(74)40(28(3)60)54-45(31)69/h18-20,27-28,30-32,34-36,40-44,47,60-65,68,71H,4-17,21-26H2,1-3H3,(H2,52,66)(H,53,67)(H,54,69)(H,55,70)(H,56,72)(H,57,73)(H,76,77,78)/t27-,28-,30+,31-,32-,34+,35+,36-,40+,41-,42+,43-,44-,47-/m0/s1. The van der Waals surface area contributed by atoms with Gasteiger partial charge in [0.25, 0.3) is 0 Å². The van der Waals surface area contributed by atoms with Crippen molar-refractivity contribution in [2.24, 2.45) is 11.7 Å². The van der Waals surface area contributed by atoms with Gasteiger partial charge in [-0.3, -0.25) is 42.9 Å². The van der Waals surface area contributed by atoms with Crippen molar-refractivity contribution in [3.05, 3.63) is 23.8 Å². The molecule has 3 aliphatic heterocycles. The molecule has 0 bridgehead atoms. The lowest BCUT2D eigenvalue weighted by Crippen LogP contribution is -2.64. The summed E-state index contributed by atoms with van der Waals surface area (Å²) in [7, 11) is -5.13. The first-order valence-corrected chi connectivity index (χ1v) is 28.7. The van der Waals surface area contributed by atoms with Gasteiger partial charge in [-0.15, -0.1) is 0 Å². The number of carbonyl (C=O) groups excluding carboxylic acids is 8. The van der Waals surface area contributed by atoms with Crippen LogP contribution in [0.2, 0.25) is 0 Å². The van der Waals surface area contributed by atoms with Gasteiger partial charge in [-0.25, -0.2) is 0 Å². The number of amides is 8. The zero-order chi connectivity index (χ0) is 59.6. The van der Waals surface area contributed by atoms with Gasteiger partial charge in [0.2, 0.25) is 47.3 Å². The molecule has 1 aromatic carbocycles. The number of primary amides is 1. The van der Waals surface area contributed by atoms with Crippen molar-refractivity contribution >= 4 is 57.7 Å². The van der Waals surface area contributed by atoms with Gasteiger partial charge in [0.15, 0.2) is 17.7 Å². The number of aromatic hydroxyl groups is 1. The third-order valence-electron chi connectivity index (χ3n) is 14.5. The first-order valence-electron chi connectivity index (χ1n) is 27.3. The second-order valence-electron chi connectivity index (χ2n) is 21.2. The monoisotopic (exact) mass is 1160 g/mol. The molecular weight excluding hydrogens is 1080 g/mol. The zero-order valence-corrected chi connectivity index (χ0v) is 46.2. The number of hydrogen-bond donors (Lipinski definition) is 15. The molecule has 80 heavy (non-hydrogen) atoms. The maximum absolute atomic E-state index is 14.6. The minimum atomic E-state index is -5.13. The number of aliphatic hydroxyl groups excluding tert-OH is 7. The van der Waals surface area contributed by atoms with Crippen LogP contribution in [0.15, 0.2) is 18.2 Å². The van der Waals surface area contributed by atoms with Crippen LogP contribution in [0.4, 0.5) is 0 Å². The fourth-order valence-electron chi connectivity index (χ4n) is 10.1. The molecule has 1 aromatic rings. The van der Waals surface area contributed by atoms with Crippen LogP contribution in [-0.2, 0) is 55.2 Å². The van der Waals surface area contributed by atoms with E-state index in [-0.39, 0.29) is 12.0 Å². The van der Waals surface area contributed by atoms with Crippen LogP contribution in [0.1, 0.15) is 135 Å². The topological polar surface area (TPSA) is 455 Å². The number of benzene rings is 1. The van der Waals surface area contributed by atoms with E-state index >= 15 is 0 Å². The lowest BCUT2D eigenvalue weighted by Gasteiger charge is -2.34. The quantitative estimate of drug-likeness (QED) is 0.0360. The molecule has 29 heteroatoms. The molecule has 452 valence electrons. The van der Waals surface area contributed by atoms with Crippen LogP contribution in [0.5, 0.6) is 11.5 Å². The molecule has 28 nitrogen and oxygen atoms in total. The maximum atomic E-state index is 14.6. The number of fused-ring (bicyclic) bond motifs is 2. The lowest BCUT2D eigenvalue weighted by atomic mass is 9.98. The van der Waals surface area contributed by atoms with Gasteiger partial charge in [0.05, 0.1) is 36.9 Å². The second-order valence-corrected chi connectivity index (χ2v) is 22.2. The molecule has 8 amide bonds. The maximum Gasteiger partial charge on any atom is 0.446 e. The normalized spacial score (nSPS) is 27.8. The number of rotatable bonds is 24. The Bertz CT molecular complexity index is 2400. The van der Waals surface area contributed by atoms with Gasteiger partial charge in [0.1, 0.15) is 42.4 Å². The average Bonchev–Trinajstić information content (AvgIpc) is 4.06. The van der Waals surface area contributed by atoms with E-state index < -0.39 is 193 Å². The Morgan fingerprint density at radius 2 is 1.30 bits per heavy atom. The van der Waals surface area contributed by atoms with E-state index in [1.54, 1.807) is 0 Å². The van der Waals surface area contributed by atoms with Crippen molar-refractivity contribution in [2.45, 2.75) is 215 Å². The Hall–Kier alpha value is -5.79. The number of nitrogens with zero attached hydrogens (tertiary/aromatic N) is 2. The van der Waals surface area contributed by atoms with Gasteiger partial charge in [-0.2, -0.15) is 8.42 Å². The van der Waals surface area contributed by atoms with E-state index in [0.29, 0.717) is 17.7 Å². The lowest BCUT2D eigenvalue weighted by molar-refractivity contribution is -0.148. The van der Waals surface area contributed by atoms with Crippen LogP contribution in [-0.4, -0.2) is 203 Å². The molecule has 14 atom stereocenters. The number of unbranched alkanes of at least 4 members (excludes halogenated alkanes) is 12. The van der Waals surface area contributed by atoms with Crippen LogP contribution < -0.4 is 36.5 Å². The molecule has 3 fully saturated rings. The molecule has 4 rings (SSSR count). The number of hydrogen-bond acceptors (Lipinski definition) is 19. The zero-order valence-electron chi connectivity index (χ0n) is 45.4. The van der Waals surface area contributed by atoms with E-state index in [9.17, 15) is 87.6 Å². The van der Waals surface area contributed by atoms with Crippen molar-refractivity contribution in [1.82, 2.24) is 36.4 Å². The van der Waals surface area contributed by atoms with Gasteiger partial charge >= 0.3 is 10.4 Å². The largest absolute Gasteiger partial charge is 0.504 e. The fraction of sp³-hybridized carbons (Fsp3) is 0.725. The van der Waals surface area contributed by atoms with E-state index in [0.717, 1.165) is 62.1 Å². The molecule has 3 aliphatic rings. The van der Waals surface area contributed by atoms with Gasteiger partial charge in [-0.1, -0.05) is 97.0 Å². The first kappa shape index (κ1) is 66.7. The average molecular weight is 1160 g/mol. The van der Waals surface area contributed by atoms with E-state index in [1.807, 2.05) is 0 Å². The summed E-state index contributed by atoms with van der Waals surface area (Å²) in [6.45, 7) is 3.57. The third kappa shape index (κ3) is 20.0. The first-order chi connectivity index (χ1) is 37.6. The summed E-state index contributed by atoms with van der Waals surface area (Å²) in [5.74, 6) is -12.4. The number of nitrogens with one attached hydrogen (secondary N) is 5. The Balaban J connectivity index is 1.71. The van der Waals surface area contributed by atoms with E-state index in [2.05, 4.69) is 37.7 Å². The van der Waals surface area contributed by atoms with E-state index in [4.69, 9.17) is 10.3 Å². The molecule has 3 saturated heterocycles. The molecule has 0 spiro atoms. The van der Waals surface area contributed by atoms with Crippen molar-refractivity contribution in [1.29, 1.82) is 0 Å². The predicted molar refractivity (Wildman–Crippen MR) is 281 cm³/mol. The van der Waals surface area contributed by atoms with Crippen LogP contribution in [0.25, 0.3) is 0 Å². The molecule has 0 unspecified atom stereocenters. The van der Waals surface area contributed by atoms with Crippen LogP contribution >= 0.6 is 0 Å². The fourth-order valence-corrected chi connectivity index (χ4v) is 10.4. The minimum absolute atomic E-state index is 0.0945. The smallest absolute Gasteiger partial charge is 0.446 e. The van der Waals surface area contributed by atoms with Gasteiger partial charge in [0, 0.05) is 44.7 Å². The highest BCUT2D eigenvalue weighted by Crippen LogP contribution is 2.30. The van der Waals surface area contributed by atoms with Crippen LogP contribution in [0, 0.1) is 5.92 Å². The molecular formula is C51H82N8O20S. The third-order valence-corrected chi connectivity index (χ3v) is 14.9. The molecule has 3 heterocycles. The number of phenolic OH excluding ortho intramolecular Hbond substituents is 1. The highest BCUT2D eigenvalue weighted by atomic mass is 32.3. The summed E-state index contributed by atoms with van der Waals surface area (Å²) >= 11 is 0. The van der Waals surface area contributed by atoms with Gasteiger partial charge in [-0.05, 0) is 31.0 Å². The number of aliphatic hydroxyl groups is 7. The molecule has 0 saturated carbocycles. The summed E-state index contributed by atoms with van der Waals surface area (Å²) < 4.78 is 36.0. The molecule has 0 aliphatic carbocycles. The Labute approximate surface area is 464 Å². The molecule has 0 aromatic heterocycles. The summed E-state index contributed by atoms with van der Waals surface area (Å²) in [4.78, 5) is 113. The Morgan fingerprint density at radius 3 is 1.86 bits per heavy atom. The Morgan fingerprint density at radius 1 is 0.738 bits per heavy atom. The van der Waals surface area contributed by atoms with Crippen molar-refractivity contribution in [3.63, 3.8) is 0 Å². The highest BCUT2D eigenvalue weighted by molar-refractivity contribution is 7.81. The van der Waals surface area contributed by atoms with Gasteiger partial charge < -0.3 is 87.2 Å². The number of nitrogens with two attached hydrogens (primary N) is 1. The van der Waals surface area contributed by atoms with E-state index in [1.165, 1.54) is 45.4 Å². The SMILES string of the molecule is CCCCCCCCCCCCCCCC(=O)N[C@H]1C[C@H](O)[C@H](O)NC(=O)[C@@H]2[C@@H](O)[C@@H](C)CN2C(=O)[C@@H]([C@H](O)CC(N)=O)NC(=O)[C@H]([C@H](O)Cc2ccc(OS(=O)(=O)O)c(O)c2)NC(=O)[C@@H]2C[C@@H](O)CN2C(=O)[C@@H]([C@H](C)O)NC1=O. The highest BCUT2D eigenvalue weighted by Gasteiger charge is 2.50. The summed E-state index contributed by atoms with van der Waals surface area (Å²) in [6.07, 6.45) is -3.61. The molecule has 0 radical (unpaired) electrons.